The fourth-order valence-corrected chi connectivity index (χ4v) is 2.60. The van der Waals surface area contributed by atoms with E-state index in [0.29, 0.717) is 24.0 Å². The maximum atomic E-state index is 13.2. The lowest BCUT2D eigenvalue weighted by Crippen LogP contribution is -2.33. The van der Waals surface area contributed by atoms with E-state index in [4.69, 9.17) is 16.3 Å². The molecule has 19 heavy (non-hydrogen) atoms. The van der Waals surface area contributed by atoms with Gasteiger partial charge in [0.05, 0.1) is 11.1 Å². The first kappa shape index (κ1) is 14.5. The third kappa shape index (κ3) is 4.02. The molecular formula is C15H18ClFO2. The number of ketones is 1. The molecule has 0 unspecified atom stereocenters. The predicted molar refractivity (Wildman–Crippen MR) is 72.9 cm³/mol. The lowest BCUT2D eigenvalue weighted by atomic mass is 9.78. The van der Waals surface area contributed by atoms with E-state index in [0.717, 1.165) is 19.4 Å². The summed E-state index contributed by atoms with van der Waals surface area (Å²) < 4.78 is 18.7. The van der Waals surface area contributed by atoms with E-state index in [1.807, 2.05) is 6.92 Å². The summed E-state index contributed by atoms with van der Waals surface area (Å²) in [6, 6.07) is 4.53. The first-order valence-corrected chi connectivity index (χ1v) is 7.03. The fourth-order valence-electron chi connectivity index (χ4n) is 2.48. The molecule has 1 aliphatic carbocycles. The van der Waals surface area contributed by atoms with Crippen LogP contribution >= 0.6 is 11.6 Å². The SMILES string of the molecule is CCOC1CC(CC(=O)Cc2ccc(Cl)c(F)c2)C1. The molecule has 0 aliphatic heterocycles. The van der Waals surface area contributed by atoms with Gasteiger partial charge in [-0.25, -0.2) is 4.39 Å². The minimum absolute atomic E-state index is 0.0924. The van der Waals surface area contributed by atoms with Crippen LogP contribution in [0.25, 0.3) is 0 Å². The Bertz CT molecular complexity index is 455. The van der Waals surface area contributed by atoms with Crippen LogP contribution in [0.1, 0.15) is 31.7 Å². The molecule has 1 aliphatic rings. The number of rotatable bonds is 6. The lowest BCUT2D eigenvalue weighted by molar-refractivity contribution is -0.121. The molecule has 0 amide bonds. The number of hydrogen-bond donors (Lipinski definition) is 0. The van der Waals surface area contributed by atoms with E-state index in [1.54, 1.807) is 6.07 Å². The number of carbonyl (C=O) groups excluding carboxylic acids is 1. The van der Waals surface area contributed by atoms with Crippen molar-refractivity contribution in [2.75, 3.05) is 6.61 Å². The van der Waals surface area contributed by atoms with Crippen molar-refractivity contribution in [1.29, 1.82) is 0 Å². The zero-order valence-corrected chi connectivity index (χ0v) is 11.8. The van der Waals surface area contributed by atoms with Crippen molar-refractivity contribution < 1.29 is 13.9 Å². The minimum Gasteiger partial charge on any atom is -0.378 e. The summed E-state index contributed by atoms with van der Waals surface area (Å²) in [5.41, 5.74) is 0.688. The van der Waals surface area contributed by atoms with E-state index in [9.17, 15) is 9.18 Å². The lowest BCUT2D eigenvalue weighted by Gasteiger charge is -2.34. The second-order valence-electron chi connectivity index (χ2n) is 5.08. The highest BCUT2D eigenvalue weighted by Gasteiger charge is 2.30. The minimum atomic E-state index is -0.466. The maximum Gasteiger partial charge on any atom is 0.142 e. The van der Waals surface area contributed by atoms with E-state index < -0.39 is 5.82 Å². The molecule has 0 bridgehead atoms. The number of benzene rings is 1. The molecule has 0 radical (unpaired) electrons. The summed E-state index contributed by atoms with van der Waals surface area (Å²) >= 11 is 5.61. The van der Waals surface area contributed by atoms with Crippen LogP contribution in [-0.4, -0.2) is 18.5 Å². The van der Waals surface area contributed by atoms with Crippen LogP contribution in [0.2, 0.25) is 5.02 Å². The predicted octanol–water partition coefficient (Wildman–Crippen LogP) is 3.80. The summed E-state index contributed by atoms with van der Waals surface area (Å²) in [5.74, 6) is 0.120. The summed E-state index contributed by atoms with van der Waals surface area (Å²) in [4.78, 5) is 11.9. The summed E-state index contributed by atoms with van der Waals surface area (Å²) in [5, 5.41) is 0.0924. The quantitative estimate of drug-likeness (QED) is 0.794. The molecule has 4 heteroatoms. The molecule has 0 heterocycles. The smallest absolute Gasteiger partial charge is 0.142 e. The topological polar surface area (TPSA) is 26.3 Å². The van der Waals surface area contributed by atoms with Crippen LogP contribution in [0.3, 0.4) is 0 Å². The summed E-state index contributed by atoms with van der Waals surface area (Å²) in [6.45, 7) is 2.71. The number of ether oxygens (including phenoxy) is 1. The Morgan fingerprint density at radius 1 is 1.47 bits per heavy atom. The number of Topliss-reactive ketones (excluding diaryl/α,β-unsaturated/α-hetero) is 1. The van der Waals surface area contributed by atoms with Crippen molar-refractivity contribution in [2.45, 2.75) is 38.7 Å². The summed E-state index contributed by atoms with van der Waals surface area (Å²) in [7, 11) is 0. The Balaban J connectivity index is 1.77. The number of hydrogen-bond acceptors (Lipinski definition) is 2. The van der Waals surface area contributed by atoms with Crippen LogP contribution in [0.15, 0.2) is 18.2 Å². The second-order valence-corrected chi connectivity index (χ2v) is 5.49. The van der Waals surface area contributed by atoms with Gasteiger partial charge < -0.3 is 4.74 Å². The zero-order valence-electron chi connectivity index (χ0n) is 11.0. The van der Waals surface area contributed by atoms with E-state index in [2.05, 4.69) is 0 Å². The van der Waals surface area contributed by atoms with Crippen LogP contribution in [0.5, 0.6) is 0 Å². The van der Waals surface area contributed by atoms with E-state index in [-0.39, 0.29) is 17.2 Å². The van der Waals surface area contributed by atoms with Crippen molar-refractivity contribution in [3.63, 3.8) is 0 Å². The van der Waals surface area contributed by atoms with E-state index in [1.165, 1.54) is 12.1 Å². The normalized spacial score (nSPS) is 22.1. The van der Waals surface area contributed by atoms with E-state index >= 15 is 0 Å². The van der Waals surface area contributed by atoms with Gasteiger partial charge in [0, 0.05) is 19.4 Å². The van der Waals surface area contributed by atoms with Gasteiger partial charge in [0.25, 0.3) is 0 Å². The van der Waals surface area contributed by atoms with Gasteiger partial charge in [-0.05, 0) is 43.4 Å². The van der Waals surface area contributed by atoms with Crippen LogP contribution < -0.4 is 0 Å². The Kier molecular flexibility index (Phi) is 4.94. The fraction of sp³-hybridized carbons (Fsp3) is 0.533. The van der Waals surface area contributed by atoms with Gasteiger partial charge >= 0.3 is 0 Å². The largest absolute Gasteiger partial charge is 0.378 e. The molecule has 0 atom stereocenters. The monoisotopic (exact) mass is 284 g/mol. The Morgan fingerprint density at radius 2 is 2.21 bits per heavy atom. The highest BCUT2D eigenvalue weighted by atomic mass is 35.5. The van der Waals surface area contributed by atoms with Gasteiger partial charge in [0.15, 0.2) is 0 Å². The molecule has 1 aromatic rings. The Hall–Kier alpha value is -0.930. The van der Waals surface area contributed by atoms with Gasteiger partial charge in [-0.2, -0.15) is 0 Å². The highest BCUT2D eigenvalue weighted by Crippen LogP contribution is 2.33. The molecule has 1 aromatic carbocycles. The molecular weight excluding hydrogens is 267 g/mol. The number of carbonyl (C=O) groups is 1. The van der Waals surface area contributed by atoms with Crippen molar-refractivity contribution in [2.24, 2.45) is 5.92 Å². The molecule has 104 valence electrons. The first-order chi connectivity index (χ1) is 9.08. The molecule has 2 rings (SSSR count). The van der Waals surface area contributed by atoms with Crippen LogP contribution in [0.4, 0.5) is 4.39 Å². The van der Waals surface area contributed by atoms with Crippen LogP contribution in [-0.2, 0) is 16.0 Å². The molecule has 1 saturated carbocycles. The van der Waals surface area contributed by atoms with Crippen molar-refractivity contribution >= 4 is 17.4 Å². The van der Waals surface area contributed by atoms with Crippen LogP contribution in [0, 0.1) is 11.7 Å². The first-order valence-electron chi connectivity index (χ1n) is 6.65. The third-order valence-corrected chi connectivity index (χ3v) is 3.80. The van der Waals surface area contributed by atoms with Gasteiger partial charge in [0.1, 0.15) is 11.6 Å². The average Bonchev–Trinajstić information content (AvgIpc) is 2.31. The van der Waals surface area contributed by atoms with Gasteiger partial charge in [0.2, 0.25) is 0 Å². The standard InChI is InChI=1S/C15H18ClFO2/c1-2-19-13-7-11(8-13)6-12(18)5-10-3-4-14(16)15(17)9-10/h3-4,9,11,13H,2,5-8H2,1H3. The summed E-state index contributed by atoms with van der Waals surface area (Å²) in [6.07, 6.45) is 3.11. The second kappa shape index (κ2) is 6.49. The Labute approximate surface area is 117 Å². The molecule has 0 N–H and O–H groups in total. The van der Waals surface area contributed by atoms with Crippen molar-refractivity contribution in [3.8, 4) is 0 Å². The van der Waals surface area contributed by atoms with Crippen molar-refractivity contribution in [3.05, 3.63) is 34.6 Å². The highest BCUT2D eigenvalue weighted by molar-refractivity contribution is 6.30. The molecule has 2 nitrogen and oxygen atoms in total. The van der Waals surface area contributed by atoms with Gasteiger partial charge in [-0.1, -0.05) is 17.7 Å². The molecule has 1 fully saturated rings. The van der Waals surface area contributed by atoms with Crippen molar-refractivity contribution in [1.82, 2.24) is 0 Å². The number of halogens is 2. The maximum absolute atomic E-state index is 13.2. The van der Waals surface area contributed by atoms with Gasteiger partial charge in [-0.3, -0.25) is 4.79 Å². The molecule has 0 saturated heterocycles. The zero-order chi connectivity index (χ0) is 13.8. The molecule has 0 aromatic heterocycles. The van der Waals surface area contributed by atoms with Gasteiger partial charge in [-0.15, -0.1) is 0 Å². The molecule has 0 spiro atoms. The Morgan fingerprint density at radius 3 is 2.84 bits per heavy atom. The third-order valence-electron chi connectivity index (χ3n) is 3.50. The average molecular weight is 285 g/mol.